The Morgan fingerprint density at radius 3 is 2.74 bits per heavy atom. The van der Waals surface area contributed by atoms with Gasteiger partial charge in [-0.15, -0.1) is 0 Å². The predicted molar refractivity (Wildman–Crippen MR) is 87.8 cm³/mol. The third kappa shape index (κ3) is 3.42. The summed E-state index contributed by atoms with van der Waals surface area (Å²) < 4.78 is 15.2. The highest BCUT2D eigenvalue weighted by molar-refractivity contribution is 6.36. The van der Waals surface area contributed by atoms with E-state index in [0.717, 1.165) is 6.07 Å². The largest absolute Gasteiger partial charge is 0.346 e. The molecule has 2 aromatic heterocycles. The van der Waals surface area contributed by atoms with E-state index in [2.05, 4.69) is 10.3 Å². The molecule has 0 unspecified atom stereocenters. The van der Waals surface area contributed by atoms with E-state index in [0.29, 0.717) is 16.4 Å². The van der Waals surface area contributed by atoms with Crippen LogP contribution in [0.1, 0.15) is 16.1 Å². The summed E-state index contributed by atoms with van der Waals surface area (Å²) in [6.07, 6.45) is 3.45. The molecule has 1 N–H and O–H groups in total. The number of imidazole rings is 1. The first kappa shape index (κ1) is 16.1. The Bertz CT molecular complexity index is 910. The Morgan fingerprint density at radius 1 is 1.17 bits per heavy atom. The van der Waals surface area contributed by atoms with Gasteiger partial charge < -0.3 is 9.72 Å². The molecule has 0 aliphatic rings. The average Bonchev–Trinajstić information content (AvgIpc) is 2.90. The van der Waals surface area contributed by atoms with Crippen LogP contribution in [0.2, 0.25) is 15.1 Å². The van der Waals surface area contributed by atoms with Crippen LogP contribution in [0.4, 0.5) is 4.39 Å². The number of rotatable bonds is 3. The van der Waals surface area contributed by atoms with Gasteiger partial charge in [0.15, 0.2) is 0 Å². The third-order valence-corrected chi connectivity index (χ3v) is 3.98. The molecule has 3 rings (SSSR count). The van der Waals surface area contributed by atoms with E-state index in [4.69, 9.17) is 34.8 Å². The van der Waals surface area contributed by atoms with Crippen molar-refractivity contribution in [3.8, 4) is 0 Å². The summed E-state index contributed by atoms with van der Waals surface area (Å²) in [4.78, 5) is 16.4. The smallest absolute Gasteiger partial charge is 0.253 e. The van der Waals surface area contributed by atoms with Crippen molar-refractivity contribution in [2.45, 2.75) is 6.54 Å². The number of carbonyl (C=O) groups excluding carboxylic acids is 1. The van der Waals surface area contributed by atoms with Crippen molar-refractivity contribution >= 4 is 46.4 Å². The lowest BCUT2D eigenvalue weighted by molar-refractivity contribution is 0.0950. The van der Waals surface area contributed by atoms with Gasteiger partial charge in [0.05, 0.1) is 32.9 Å². The molecule has 0 bridgehead atoms. The molecule has 3 aromatic rings. The van der Waals surface area contributed by atoms with Gasteiger partial charge in [0.1, 0.15) is 11.5 Å². The van der Waals surface area contributed by atoms with E-state index in [9.17, 15) is 9.18 Å². The zero-order valence-corrected chi connectivity index (χ0v) is 13.8. The lowest BCUT2D eigenvalue weighted by atomic mass is 10.2. The van der Waals surface area contributed by atoms with Gasteiger partial charge in [0.25, 0.3) is 5.91 Å². The molecule has 23 heavy (non-hydrogen) atoms. The first-order valence-corrected chi connectivity index (χ1v) is 7.63. The molecular formula is C15H9Cl3FN3O. The molecule has 4 nitrogen and oxygen atoms in total. The molecule has 1 amide bonds. The number of halogens is 4. The minimum atomic E-state index is -0.705. The van der Waals surface area contributed by atoms with Gasteiger partial charge in [-0.05, 0) is 24.3 Å². The van der Waals surface area contributed by atoms with E-state index < -0.39 is 11.7 Å². The van der Waals surface area contributed by atoms with Crippen molar-refractivity contribution in [2.75, 3.05) is 0 Å². The predicted octanol–water partition coefficient (Wildman–Crippen LogP) is 4.36. The molecule has 1 aromatic carbocycles. The maximum atomic E-state index is 13.5. The Labute approximate surface area is 145 Å². The van der Waals surface area contributed by atoms with Crippen molar-refractivity contribution in [2.24, 2.45) is 0 Å². The quantitative estimate of drug-likeness (QED) is 0.694. The van der Waals surface area contributed by atoms with Crippen LogP contribution < -0.4 is 5.32 Å². The topological polar surface area (TPSA) is 46.4 Å². The van der Waals surface area contributed by atoms with Gasteiger partial charge in [0.2, 0.25) is 0 Å². The monoisotopic (exact) mass is 371 g/mol. The SMILES string of the molecule is O=C(NCc1cn2cc(Cl)ccc2n1)c1cc(F)c(Cl)cc1Cl. The van der Waals surface area contributed by atoms with Crippen LogP contribution in [0.25, 0.3) is 5.65 Å². The zero-order chi connectivity index (χ0) is 16.6. The van der Waals surface area contributed by atoms with Crippen LogP contribution in [0.3, 0.4) is 0 Å². The van der Waals surface area contributed by atoms with E-state index in [1.54, 1.807) is 28.9 Å². The molecule has 0 spiro atoms. The summed E-state index contributed by atoms with van der Waals surface area (Å²) in [5, 5.41) is 3.16. The molecular weight excluding hydrogens is 364 g/mol. The molecule has 118 valence electrons. The summed E-state index contributed by atoms with van der Waals surface area (Å²) in [6.45, 7) is 0.165. The Kier molecular flexibility index (Phi) is 4.43. The van der Waals surface area contributed by atoms with Crippen molar-refractivity contribution < 1.29 is 9.18 Å². The van der Waals surface area contributed by atoms with E-state index in [1.807, 2.05) is 0 Å². The van der Waals surface area contributed by atoms with Gasteiger partial charge in [-0.25, -0.2) is 9.37 Å². The highest BCUT2D eigenvalue weighted by Gasteiger charge is 2.14. The second-order valence-electron chi connectivity index (χ2n) is 4.77. The lowest BCUT2D eigenvalue weighted by Gasteiger charge is -2.06. The third-order valence-electron chi connectivity index (χ3n) is 3.15. The molecule has 0 aliphatic heterocycles. The molecule has 2 heterocycles. The summed E-state index contributed by atoms with van der Waals surface area (Å²) in [6, 6.07) is 5.69. The molecule has 0 fully saturated rings. The second-order valence-corrected chi connectivity index (χ2v) is 6.02. The number of benzene rings is 1. The number of amides is 1. The molecule has 0 saturated carbocycles. The number of carbonyl (C=O) groups is 1. The number of pyridine rings is 1. The summed E-state index contributed by atoms with van der Waals surface area (Å²) in [5.74, 6) is -1.22. The fourth-order valence-corrected chi connectivity index (χ4v) is 2.70. The van der Waals surface area contributed by atoms with Crippen LogP contribution in [0, 0.1) is 5.82 Å². The van der Waals surface area contributed by atoms with E-state index in [-0.39, 0.29) is 22.2 Å². The first-order valence-electron chi connectivity index (χ1n) is 6.50. The van der Waals surface area contributed by atoms with Crippen LogP contribution >= 0.6 is 34.8 Å². The molecule has 8 heteroatoms. The van der Waals surface area contributed by atoms with Gasteiger partial charge >= 0.3 is 0 Å². The van der Waals surface area contributed by atoms with Crippen molar-refractivity contribution in [1.82, 2.24) is 14.7 Å². The summed E-state index contributed by atoms with van der Waals surface area (Å²) >= 11 is 17.4. The van der Waals surface area contributed by atoms with Crippen LogP contribution in [-0.2, 0) is 6.54 Å². The highest BCUT2D eigenvalue weighted by Crippen LogP contribution is 2.24. The standard InChI is InChI=1S/C15H9Cl3FN3O/c16-8-1-2-14-21-9(7-22(14)6-8)5-20-15(23)10-3-13(19)12(18)4-11(10)17/h1-4,6-7H,5H2,(H,20,23). The zero-order valence-electron chi connectivity index (χ0n) is 11.5. The molecule has 0 aliphatic carbocycles. The van der Waals surface area contributed by atoms with E-state index in [1.165, 1.54) is 6.07 Å². The van der Waals surface area contributed by atoms with Gasteiger partial charge in [-0.3, -0.25) is 4.79 Å². The first-order chi connectivity index (χ1) is 10.9. The minimum Gasteiger partial charge on any atom is -0.346 e. The number of hydrogen-bond donors (Lipinski definition) is 1. The average molecular weight is 373 g/mol. The van der Waals surface area contributed by atoms with Crippen molar-refractivity contribution in [3.63, 3.8) is 0 Å². The van der Waals surface area contributed by atoms with E-state index >= 15 is 0 Å². The molecule has 0 radical (unpaired) electrons. The lowest BCUT2D eigenvalue weighted by Crippen LogP contribution is -2.23. The number of aromatic nitrogens is 2. The highest BCUT2D eigenvalue weighted by atomic mass is 35.5. The fourth-order valence-electron chi connectivity index (χ4n) is 2.07. The fraction of sp³-hybridized carbons (Fsp3) is 0.0667. The summed E-state index contributed by atoms with van der Waals surface area (Å²) in [7, 11) is 0. The maximum absolute atomic E-state index is 13.5. The Balaban J connectivity index is 1.76. The number of nitrogens with one attached hydrogen (secondary N) is 1. The number of hydrogen-bond acceptors (Lipinski definition) is 2. The minimum absolute atomic E-state index is 0.0142. The molecule has 0 saturated heterocycles. The Morgan fingerprint density at radius 2 is 1.96 bits per heavy atom. The van der Waals surface area contributed by atoms with Crippen molar-refractivity contribution in [1.29, 1.82) is 0 Å². The summed E-state index contributed by atoms with van der Waals surface area (Å²) in [5.41, 5.74) is 1.35. The normalized spacial score (nSPS) is 11.0. The van der Waals surface area contributed by atoms with Crippen LogP contribution in [0.5, 0.6) is 0 Å². The van der Waals surface area contributed by atoms with Gasteiger partial charge in [0, 0.05) is 12.4 Å². The van der Waals surface area contributed by atoms with Crippen LogP contribution in [-0.4, -0.2) is 15.3 Å². The van der Waals surface area contributed by atoms with Gasteiger partial charge in [-0.2, -0.15) is 0 Å². The second kappa shape index (κ2) is 6.35. The van der Waals surface area contributed by atoms with Gasteiger partial charge in [-0.1, -0.05) is 34.8 Å². The number of fused-ring (bicyclic) bond motifs is 1. The van der Waals surface area contributed by atoms with Crippen LogP contribution in [0.15, 0.2) is 36.7 Å². The Hall–Kier alpha value is -1.82. The number of nitrogens with zero attached hydrogens (tertiary/aromatic N) is 2. The maximum Gasteiger partial charge on any atom is 0.253 e. The van der Waals surface area contributed by atoms with Crippen molar-refractivity contribution in [3.05, 3.63) is 68.8 Å². The molecule has 0 atom stereocenters.